The molecule has 0 spiro atoms. The van der Waals surface area contributed by atoms with E-state index in [1.54, 1.807) is 11.3 Å². The van der Waals surface area contributed by atoms with E-state index in [0.717, 1.165) is 25.2 Å². The van der Waals surface area contributed by atoms with Crippen molar-refractivity contribution in [3.63, 3.8) is 0 Å². The van der Waals surface area contributed by atoms with Crippen LogP contribution in [0.15, 0.2) is 35.4 Å². The zero-order valence-electron chi connectivity index (χ0n) is 9.34. The number of aromatic nitrogens is 2. The summed E-state index contributed by atoms with van der Waals surface area (Å²) in [6.45, 7) is 1.97. The Bertz CT molecular complexity index is 399. The van der Waals surface area contributed by atoms with Crippen LogP contribution >= 0.6 is 11.3 Å². The zero-order valence-corrected chi connectivity index (χ0v) is 10.2. The van der Waals surface area contributed by atoms with E-state index in [2.05, 4.69) is 39.4 Å². The average molecular weight is 233 g/mol. The normalized spacial score (nSPS) is 10.9. The summed E-state index contributed by atoms with van der Waals surface area (Å²) in [5.74, 6) is 0. The Balaban J connectivity index is 1.78. The van der Waals surface area contributed by atoms with Crippen LogP contribution in [-0.4, -0.2) is 28.5 Å². The van der Waals surface area contributed by atoms with Crippen LogP contribution in [-0.2, 0) is 13.0 Å². The maximum atomic E-state index is 4.28. The van der Waals surface area contributed by atoms with Crippen molar-refractivity contribution < 1.29 is 0 Å². The highest BCUT2D eigenvalue weighted by atomic mass is 32.1. The Kier molecular flexibility index (Phi) is 4.02. The fraction of sp³-hybridized carbons (Fsp3) is 0.333. The molecule has 0 aliphatic heterocycles. The molecule has 0 fully saturated rings. The van der Waals surface area contributed by atoms with Gasteiger partial charge >= 0.3 is 0 Å². The molecule has 0 N–H and O–H groups in total. The van der Waals surface area contributed by atoms with Crippen molar-refractivity contribution in [2.75, 3.05) is 13.6 Å². The Morgan fingerprint density at radius 3 is 2.81 bits per heavy atom. The van der Waals surface area contributed by atoms with E-state index in [0.29, 0.717) is 0 Å². The van der Waals surface area contributed by atoms with Gasteiger partial charge in [-0.2, -0.15) is 0 Å². The number of thiazole rings is 1. The zero-order chi connectivity index (χ0) is 11.2. The van der Waals surface area contributed by atoms with Gasteiger partial charge in [0, 0.05) is 30.9 Å². The van der Waals surface area contributed by atoms with E-state index in [9.17, 15) is 0 Å². The number of rotatable bonds is 5. The first-order valence-electron chi connectivity index (χ1n) is 5.29. The first-order chi connectivity index (χ1) is 7.84. The predicted octanol–water partition coefficient (Wildman–Crippen LogP) is 2.21. The summed E-state index contributed by atoms with van der Waals surface area (Å²) in [5.41, 5.74) is 4.37. The smallest absolute Gasteiger partial charge is 0.0795 e. The lowest BCUT2D eigenvalue weighted by Crippen LogP contribution is -2.20. The lowest BCUT2D eigenvalue weighted by Gasteiger charge is -2.14. The van der Waals surface area contributed by atoms with Crippen LogP contribution < -0.4 is 0 Å². The van der Waals surface area contributed by atoms with Crippen LogP contribution in [0.5, 0.6) is 0 Å². The van der Waals surface area contributed by atoms with Gasteiger partial charge in [-0.15, -0.1) is 11.3 Å². The Morgan fingerprint density at radius 2 is 2.12 bits per heavy atom. The second-order valence-electron chi connectivity index (χ2n) is 3.82. The highest BCUT2D eigenvalue weighted by Gasteiger charge is 2.02. The Hall–Kier alpha value is -1.26. The molecule has 0 saturated carbocycles. The largest absolute Gasteiger partial charge is 0.300 e. The molecule has 16 heavy (non-hydrogen) atoms. The molecule has 84 valence electrons. The SMILES string of the molecule is CN(CCc1ccncc1)Cc1cscn1. The van der Waals surface area contributed by atoms with E-state index < -0.39 is 0 Å². The van der Waals surface area contributed by atoms with Gasteiger partial charge in [-0.3, -0.25) is 4.98 Å². The minimum absolute atomic E-state index is 0.925. The second-order valence-corrected chi connectivity index (χ2v) is 4.54. The molecule has 0 atom stereocenters. The topological polar surface area (TPSA) is 29.0 Å². The van der Waals surface area contributed by atoms with Gasteiger partial charge in [-0.05, 0) is 31.2 Å². The van der Waals surface area contributed by atoms with Crippen molar-refractivity contribution in [1.29, 1.82) is 0 Å². The van der Waals surface area contributed by atoms with Crippen LogP contribution in [0.25, 0.3) is 0 Å². The highest BCUT2D eigenvalue weighted by Crippen LogP contribution is 2.05. The van der Waals surface area contributed by atoms with Gasteiger partial charge in [0.25, 0.3) is 0 Å². The molecule has 2 aromatic heterocycles. The average Bonchev–Trinajstić information content (AvgIpc) is 2.81. The van der Waals surface area contributed by atoms with E-state index in [1.807, 2.05) is 17.9 Å². The Morgan fingerprint density at radius 1 is 1.31 bits per heavy atom. The molecule has 0 radical (unpaired) electrons. The summed E-state index contributed by atoms with van der Waals surface area (Å²) in [6, 6.07) is 4.13. The molecule has 0 bridgehead atoms. The second kappa shape index (κ2) is 5.72. The number of hydrogen-bond acceptors (Lipinski definition) is 4. The molecule has 2 rings (SSSR count). The summed E-state index contributed by atoms with van der Waals surface area (Å²) in [6.07, 6.45) is 4.74. The van der Waals surface area contributed by atoms with Crippen LogP contribution in [0.3, 0.4) is 0 Å². The van der Waals surface area contributed by atoms with Crippen molar-refractivity contribution in [3.05, 3.63) is 46.7 Å². The van der Waals surface area contributed by atoms with Crippen molar-refractivity contribution in [2.45, 2.75) is 13.0 Å². The van der Waals surface area contributed by atoms with E-state index in [1.165, 1.54) is 5.56 Å². The van der Waals surface area contributed by atoms with Gasteiger partial charge < -0.3 is 4.90 Å². The maximum absolute atomic E-state index is 4.28. The number of hydrogen-bond donors (Lipinski definition) is 0. The van der Waals surface area contributed by atoms with Gasteiger partial charge in [0.1, 0.15) is 0 Å². The quantitative estimate of drug-likeness (QED) is 0.793. The van der Waals surface area contributed by atoms with Crippen molar-refractivity contribution in [2.24, 2.45) is 0 Å². The third-order valence-corrected chi connectivity index (χ3v) is 3.08. The third-order valence-electron chi connectivity index (χ3n) is 2.45. The third kappa shape index (κ3) is 3.40. The van der Waals surface area contributed by atoms with Gasteiger partial charge in [0.2, 0.25) is 0 Å². The monoisotopic (exact) mass is 233 g/mol. The molecule has 0 aliphatic carbocycles. The van der Waals surface area contributed by atoms with Crippen molar-refractivity contribution in [3.8, 4) is 0 Å². The van der Waals surface area contributed by atoms with Gasteiger partial charge in [-0.1, -0.05) is 0 Å². The molecular formula is C12H15N3S. The molecule has 0 unspecified atom stereocenters. The predicted molar refractivity (Wildman–Crippen MR) is 66.4 cm³/mol. The summed E-state index contributed by atoms with van der Waals surface area (Å²) in [5, 5.41) is 2.10. The maximum Gasteiger partial charge on any atom is 0.0795 e. The highest BCUT2D eigenvalue weighted by molar-refractivity contribution is 7.07. The fourth-order valence-corrected chi connectivity index (χ4v) is 2.09. The van der Waals surface area contributed by atoms with Crippen molar-refractivity contribution >= 4 is 11.3 Å². The number of nitrogens with zero attached hydrogens (tertiary/aromatic N) is 3. The van der Waals surface area contributed by atoms with Gasteiger partial charge in [-0.25, -0.2) is 4.98 Å². The van der Waals surface area contributed by atoms with Crippen LogP contribution in [0.2, 0.25) is 0 Å². The van der Waals surface area contributed by atoms with E-state index in [4.69, 9.17) is 0 Å². The minimum Gasteiger partial charge on any atom is -0.300 e. The van der Waals surface area contributed by atoms with Gasteiger partial charge in [0.15, 0.2) is 0 Å². The minimum atomic E-state index is 0.925. The fourth-order valence-electron chi connectivity index (χ4n) is 1.54. The van der Waals surface area contributed by atoms with Crippen LogP contribution in [0.4, 0.5) is 0 Å². The summed E-state index contributed by atoms with van der Waals surface area (Å²) >= 11 is 1.65. The summed E-state index contributed by atoms with van der Waals surface area (Å²) < 4.78 is 0. The van der Waals surface area contributed by atoms with Crippen LogP contribution in [0.1, 0.15) is 11.3 Å². The molecule has 0 aromatic carbocycles. The standard InChI is InChI=1S/C12H15N3S/c1-15(8-12-9-16-10-14-12)7-4-11-2-5-13-6-3-11/h2-3,5-6,9-10H,4,7-8H2,1H3. The first-order valence-corrected chi connectivity index (χ1v) is 6.23. The Labute approximate surface area is 99.8 Å². The molecule has 3 nitrogen and oxygen atoms in total. The van der Waals surface area contributed by atoms with Gasteiger partial charge in [0.05, 0.1) is 11.2 Å². The molecule has 0 amide bonds. The summed E-state index contributed by atoms with van der Waals surface area (Å²) in [7, 11) is 2.13. The molecule has 0 saturated heterocycles. The molecule has 4 heteroatoms. The molecule has 0 aliphatic rings. The molecule has 2 aromatic rings. The summed E-state index contributed by atoms with van der Waals surface area (Å²) in [4.78, 5) is 10.6. The first kappa shape index (κ1) is 11.2. The number of pyridine rings is 1. The molecular weight excluding hydrogens is 218 g/mol. The lowest BCUT2D eigenvalue weighted by atomic mass is 10.2. The number of likely N-dealkylation sites (N-methyl/N-ethyl adjacent to an activating group) is 1. The van der Waals surface area contributed by atoms with E-state index >= 15 is 0 Å². The van der Waals surface area contributed by atoms with Crippen LogP contribution in [0, 0.1) is 0 Å². The lowest BCUT2D eigenvalue weighted by molar-refractivity contribution is 0.328. The van der Waals surface area contributed by atoms with Crippen molar-refractivity contribution in [1.82, 2.24) is 14.9 Å². The molecule has 2 heterocycles. The van der Waals surface area contributed by atoms with E-state index in [-0.39, 0.29) is 0 Å².